The number of hydrogen-bond acceptors (Lipinski definition) is 4. The van der Waals surface area contributed by atoms with Gasteiger partial charge in [-0.25, -0.2) is 3.11 Å². The molecule has 0 aromatic carbocycles. The summed E-state index contributed by atoms with van der Waals surface area (Å²) < 4.78 is 7.62. The summed E-state index contributed by atoms with van der Waals surface area (Å²) in [6, 6.07) is 1.05. The Balaban J connectivity index is 1.46. The Labute approximate surface area is 128 Å². The van der Waals surface area contributed by atoms with Crippen molar-refractivity contribution in [1.82, 2.24) is 12.9 Å². The summed E-state index contributed by atoms with van der Waals surface area (Å²) in [5.74, 6) is 0.185. The van der Waals surface area contributed by atoms with Crippen molar-refractivity contribution in [1.29, 1.82) is 0 Å². The third kappa shape index (κ3) is 2.96. The number of carbonyl (C=O) groups is 1. The maximum Gasteiger partial charge on any atom is 0.246 e. The fraction of sp³-hybridized carbons (Fsp3) is 0.769. The van der Waals surface area contributed by atoms with Gasteiger partial charge in [-0.1, -0.05) is 6.08 Å². The molecule has 3 rings (SSSR count). The van der Waals surface area contributed by atoms with Gasteiger partial charge in [-0.3, -0.25) is 9.69 Å². The molecule has 0 aromatic rings. The predicted octanol–water partition coefficient (Wildman–Crippen LogP) is 0.510. The number of likely N-dealkylation sites (tertiary alicyclic amines) is 1. The Morgan fingerprint density at radius 1 is 1.26 bits per heavy atom. The van der Waals surface area contributed by atoms with Crippen molar-refractivity contribution >= 4 is 28.8 Å². The number of amides is 1. The van der Waals surface area contributed by atoms with E-state index in [1.807, 2.05) is 11.0 Å². The van der Waals surface area contributed by atoms with Gasteiger partial charge in [-0.2, -0.15) is 0 Å². The minimum Gasteiger partial charge on any atom is -0.379 e. The summed E-state index contributed by atoms with van der Waals surface area (Å²) in [5, 5.41) is 0. The summed E-state index contributed by atoms with van der Waals surface area (Å²) in [7, 11) is 0. The topological polar surface area (TPSA) is 36.0 Å². The quantitative estimate of drug-likeness (QED) is 0.408. The van der Waals surface area contributed by atoms with Gasteiger partial charge in [0.1, 0.15) is 0 Å². The molecule has 5 nitrogen and oxygen atoms in total. The third-order valence-electron chi connectivity index (χ3n) is 4.24. The highest BCUT2D eigenvalue weighted by atomic mass is 127. The first-order chi connectivity index (χ1) is 9.25. The molecule has 0 aromatic heterocycles. The van der Waals surface area contributed by atoms with E-state index in [9.17, 15) is 4.79 Å². The first-order valence-corrected chi connectivity index (χ1v) is 7.92. The third-order valence-corrected chi connectivity index (χ3v) is 5.35. The van der Waals surface area contributed by atoms with Gasteiger partial charge in [0, 0.05) is 67.7 Å². The van der Waals surface area contributed by atoms with Crippen LogP contribution in [-0.2, 0) is 9.53 Å². The molecule has 0 bridgehead atoms. The fourth-order valence-electron chi connectivity index (χ4n) is 3.02. The molecule has 2 atom stereocenters. The number of hydrogen-bond donors (Lipinski definition) is 0. The Kier molecular flexibility index (Phi) is 4.40. The molecule has 3 saturated heterocycles. The second-order valence-electron chi connectivity index (χ2n) is 5.35. The van der Waals surface area contributed by atoms with Gasteiger partial charge in [-0.05, 0) is 6.42 Å². The minimum atomic E-state index is 0.185. The first kappa shape index (κ1) is 13.8. The molecule has 0 spiro atoms. The lowest BCUT2D eigenvalue weighted by Gasteiger charge is -2.42. The number of ether oxygens (including phenoxy) is 1. The van der Waals surface area contributed by atoms with Crippen molar-refractivity contribution in [3.8, 4) is 0 Å². The van der Waals surface area contributed by atoms with Crippen molar-refractivity contribution in [2.75, 3.05) is 45.9 Å². The molecule has 0 saturated carbocycles. The lowest BCUT2D eigenvalue weighted by Crippen LogP contribution is -2.58. The summed E-state index contributed by atoms with van der Waals surface area (Å²) in [4.78, 5) is 16.5. The summed E-state index contributed by atoms with van der Waals surface area (Å²) in [6.45, 7) is 6.35. The van der Waals surface area contributed by atoms with Crippen LogP contribution in [0.25, 0.3) is 0 Å². The Bertz CT molecular complexity index is 371. The van der Waals surface area contributed by atoms with Crippen LogP contribution < -0.4 is 0 Å². The standard InChI is InChI=1S/C13H20IN3O2/c14-17-10-12-11(17)3-5-16(12)13(18)2-1-4-15-6-8-19-9-7-15/h1-2,11-12H,3-10H2/b2-1+. The smallest absolute Gasteiger partial charge is 0.246 e. The second kappa shape index (κ2) is 6.07. The van der Waals surface area contributed by atoms with E-state index in [0.717, 1.165) is 52.4 Å². The SMILES string of the molecule is O=C(/C=C/CN1CCOCC1)N1CCC2C1CN2I. The number of morpholine rings is 1. The largest absolute Gasteiger partial charge is 0.379 e. The molecule has 106 valence electrons. The number of rotatable bonds is 3. The molecular weight excluding hydrogens is 357 g/mol. The van der Waals surface area contributed by atoms with E-state index < -0.39 is 0 Å². The molecule has 3 aliphatic rings. The van der Waals surface area contributed by atoms with Gasteiger partial charge in [0.15, 0.2) is 0 Å². The molecule has 19 heavy (non-hydrogen) atoms. The highest BCUT2D eigenvalue weighted by Crippen LogP contribution is 2.34. The molecular formula is C13H20IN3O2. The number of nitrogens with zero attached hydrogens (tertiary/aromatic N) is 3. The van der Waals surface area contributed by atoms with Gasteiger partial charge in [-0.15, -0.1) is 0 Å². The summed E-state index contributed by atoms with van der Waals surface area (Å²) in [5.41, 5.74) is 0. The summed E-state index contributed by atoms with van der Waals surface area (Å²) in [6.07, 6.45) is 4.88. The fourth-order valence-corrected chi connectivity index (χ4v) is 4.07. The lowest BCUT2D eigenvalue weighted by atomic mass is 10.0. The van der Waals surface area contributed by atoms with E-state index in [1.54, 1.807) is 6.08 Å². The van der Waals surface area contributed by atoms with E-state index in [0.29, 0.717) is 12.1 Å². The lowest BCUT2D eigenvalue weighted by molar-refractivity contribution is -0.128. The predicted molar refractivity (Wildman–Crippen MR) is 81.0 cm³/mol. The normalized spacial score (nSPS) is 32.6. The van der Waals surface area contributed by atoms with Crippen LogP contribution in [0.5, 0.6) is 0 Å². The number of halogens is 1. The maximum absolute atomic E-state index is 12.2. The van der Waals surface area contributed by atoms with Gasteiger partial charge in [0.05, 0.1) is 19.3 Å². The molecule has 0 aliphatic carbocycles. The maximum atomic E-state index is 12.2. The van der Waals surface area contributed by atoms with Crippen molar-refractivity contribution in [2.45, 2.75) is 18.5 Å². The molecule has 0 radical (unpaired) electrons. The van der Waals surface area contributed by atoms with Crippen LogP contribution in [0.4, 0.5) is 0 Å². The van der Waals surface area contributed by atoms with Gasteiger partial charge >= 0.3 is 0 Å². The van der Waals surface area contributed by atoms with Gasteiger partial charge in [0.25, 0.3) is 0 Å². The average Bonchev–Trinajstić information content (AvgIpc) is 2.77. The zero-order valence-corrected chi connectivity index (χ0v) is 13.2. The molecule has 0 N–H and O–H groups in total. The van der Waals surface area contributed by atoms with Crippen molar-refractivity contribution < 1.29 is 9.53 Å². The van der Waals surface area contributed by atoms with E-state index in [2.05, 4.69) is 30.9 Å². The minimum absolute atomic E-state index is 0.185. The monoisotopic (exact) mass is 377 g/mol. The van der Waals surface area contributed by atoms with Crippen molar-refractivity contribution in [2.24, 2.45) is 0 Å². The number of carbonyl (C=O) groups excluding carboxylic acids is 1. The van der Waals surface area contributed by atoms with Gasteiger partial charge in [0.2, 0.25) is 5.91 Å². The van der Waals surface area contributed by atoms with Crippen LogP contribution in [0.3, 0.4) is 0 Å². The molecule has 1 amide bonds. The molecule has 2 unspecified atom stereocenters. The Morgan fingerprint density at radius 2 is 2.05 bits per heavy atom. The number of fused-ring (bicyclic) bond motifs is 1. The van der Waals surface area contributed by atoms with Crippen LogP contribution in [0.1, 0.15) is 6.42 Å². The first-order valence-electron chi connectivity index (χ1n) is 6.95. The van der Waals surface area contributed by atoms with E-state index in [-0.39, 0.29) is 5.91 Å². The molecule has 3 aliphatic heterocycles. The van der Waals surface area contributed by atoms with Crippen molar-refractivity contribution in [3.63, 3.8) is 0 Å². The van der Waals surface area contributed by atoms with Crippen LogP contribution in [0, 0.1) is 0 Å². The molecule has 3 fully saturated rings. The zero-order chi connectivity index (χ0) is 13.2. The van der Waals surface area contributed by atoms with Crippen LogP contribution in [0.2, 0.25) is 0 Å². The molecule has 3 heterocycles. The van der Waals surface area contributed by atoms with E-state index in [1.165, 1.54) is 0 Å². The van der Waals surface area contributed by atoms with Crippen molar-refractivity contribution in [3.05, 3.63) is 12.2 Å². The molecule has 6 heteroatoms. The van der Waals surface area contributed by atoms with Gasteiger partial charge < -0.3 is 9.64 Å². The Morgan fingerprint density at radius 3 is 2.74 bits per heavy atom. The van der Waals surface area contributed by atoms with E-state index in [4.69, 9.17) is 4.74 Å². The van der Waals surface area contributed by atoms with Crippen LogP contribution >= 0.6 is 22.9 Å². The second-order valence-corrected chi connectivity index (χ2v) is 6.59. The average molecular weight is 377 g/mol. The van der Waals surface area contributed by atoms with Crippen LogP contribution in [-0.4, -0.2) is 76.8 Å². The highest BCUT2D eigenvalue weighted by molar-refractivity contribution is 14.1. The zero-order valence-electron chi connectivity index (χ0n) is 11.0. The highest BCUT2D eigenvalue weighted by Gasteiger charge is 2.47. The summed E-state index contributed by atoms with van der Waals surface area (Å²) >= 11 is 2.36. The van der Waals surface area contributed by atoms with Crippen LogP contribution in [0.15, 0.2) is 12.2 Å². The Hall–Kier alpha value is -0.180. The van der Waals surface area contributed by atoms with E-state index >= 15 is 0 Å².